The first kappa shape index (κ1) is 16.6. The smallest absolute Gasteiger partial charge is 0.120 e. The highest BCUT2D eigenvalue weighted by Gasteiger charge is 2.18. The Labute approximate surface area is 130 Å². The summed E-state index contributed by atoms with van der Waals surface area (Å²) >= 11 is 0. The Hall–Kier alpha value is -0.800. The summed E-state index contributed by atoms with van der Waals surface area (Å²) in [6.45, 7) is 11.9. The van der Waals surface area contributed by atoms with Crippen LogP contribution in [-0.4, -0.2) is 24.5 Å². The second-order valence-corrected chi connectivity index (χ2v) is 6.46. The maximum absolute atomic E-state index is 6.03. The molecule has 1 aromatic rings. The van der Waals surface area contributed by atoms with Gasteiger partial charge in [-0.15, -0.1) is 0 Å². The van der Waals surface area contributed by atoms with Crippen molar-refractivity contribution in [1.82, 2.24) is 10.2 Å². The number of likely N-dealkylation sites (tertiary alicyclic amines) is 1. The molecule has 1 aliphatic rings. The molecule has 0 radical (unpaired) electrons. The van der Waals surface area contributed by atoms with Gasteiger partial charge in [0.25, 0.3) is 0 Å². The third kappa shape index (κ3) is 5.15. The van der Waals surface area contributed by atoms with Crippen LogP contribution in [0.5, 0.6) is 0 Å². The molecule has 0 spiro atoms. The van der Waals surface area contributed by atoms with Gasteiger partial charge < -0.3 is 9.73 Å². The Morgan fingerprint density at radius 1 is 1.29 bits per heavy atom. The summed E-state index contributed by atoms with van der Waals surface area (Å²) in [6.07, 6.45) is 6.84. The van der Waals surface area contributed by atoms with Gasteiger partial charge in [0.05, 0.1) is 13.1 Å². The zero-order chi connectivity index (χ0) is 15.1. The lowest BCUT2D eigenvalue weighted by Crippen LogP contribution is -2.24. The molecule has 2 rings (SSSR count). The number of hydrogen-bond acceptors (Lipinski definition) is 3. The molecule has 1 aromatic heterocycles. The number of aryl methyl sites for hydroxylation is 1. The van der Waals surface area contributed by atoms with E-state index in [0.29, 0.717) is 0 Å². The van der Waals surface area contributed by atoms with E-state index in [1.807, 2.05) is 0 Å². The van der Waals surface area contributed by atoms with Crippen molar-refractivity contribution in [2.45, 2.75) is 66.0 Å². The Morgan fingerprint density at radius 2 is 2.14 bits per heavy atom. The summed E-state index contributed by atoms with van der Waals surface area (Å²) < 4.78 is 6.03. The van der Waals surface area contributed by atoms with Gasteiger partial charge in [-0.3, -0.25) is 4.90 Å². The topological polar surface area (TPSA) is 28.4 Å². The Kier molecular flexibility index (Phi) is 6.78. The average Bonchev–Trinajstić information content (AvgIpc) is 2.67. The minimum absolute atomic E-state index is 0.848. The van der Waals surface area contributed by atoms with Gasteiger partial charge in [0.2, 0.25) is 0 Å². The molecule has 0 aliphatic carbocycles. The predicted octanol–water partition coefficient (Wildman–Crippen LogP) is 4.10. The zero-order valence-corrected chi connectivity index (χ0v) is 14.1. The minimum Gasteiger partial charge on any atom is -0.463 e. The second kappa shape index (κ2) is 8.60. The van der Waals surface area contributed by atoms with Crippen LogP contribution in [0.4, 0.5) is 0 Å². The van der Waals surface area contributed by atoms with Gasteiger partial charge in [0.1, 0.15) is 11.5 Å². The molecule has 0 bridgehead atoms. The highest BCUT2D eigenvalue weighted by Crippen LogP contribution is 2.24. The van der Waals surface area contributed by atoms with Gasteiger partial charge in [0.15, 0.2) is 0 Å². The van der Waals surface area contributed by atoms with Gasteiger partial charge in [-0.1, -0.05) is 26.7 Å². The first-order valence-electron chi connectivity index (χ1n) is 8.74. The van der Waals surface area contributed by atoms with Crippen molar-refractivity contribution in [3.8, 4) is 0 Å². The normalized spacial score (nSPS) is 20.6. The van der Waals surface area contributed by atoms with Crippen LogP contribution in [0.3, 0.4) is 0 Å². The minimum atomic E-state index is 0.848. The van der Waals surface area contributed by atoms with Gasteiger partial charge in [0, 0.05) is 0 Å². The summed E-state index contributed by atoms with van der Waals surface area (Å²) in [5.74, 6) is 3.18. The molecule has 1 saturated heterocycles. The first-order valence-corrected chi connectivity index (χ1v) is 8.74. The molecule has 1 fully saturated rings. The fourth-order valence-corrected chi connectivity index (χ4v) is 3.38. The van der Waals surface area contributed by atoms with Gasteiger partial charge >= 0.3 is 0 Å². The van der Waals surface area contributed by atoms with Crippen molar-refractivity contribution in [1.29, 1.82) is 0 Å². The van der Waals surface area contributed by atoms with Crippen molar-refractivity contribution in [3.63, 3.8) is 0 Å². The standard InChI is InChI=1S/C18H32N2O/c1-4-7-16-8-6-10-20(11-9-16)14-17-12-15(3)18(21-17)13-19-5-2/h12,16,19H,4-11,13-14H2,1-3H3. The van der Waals surface area contributed by atoms with Crippen LogP contribution >= 0.6 is 0 Å². The van der Waals surface area contributed by atoms with E-state index in [2.05, 4.69) is 37.1 Å². The number of hydrogen-bond donors (Lipinski definition) is 1. The third-order valence-electron chi connectivity index (χ3n) is 4.62. The van der Waals surface area contributed by atoms with E-state index in [1.165, 1.54) is 50.8 Å². The molecule has 1 unspecified atom stereocenters. The van der Waals surface area contributed by atoms with Gasteiger partial charge in [-0.25, -0.2) is 0 Å². The van der Waals surface area contributed by atoms with Crippen LogP contribution < -0.4 is 5.32 Å². The second-order valence-electron chi connectivity index (χ2n) is 6.46. The van der Waals surface area contributed by atoms with E-state index in [9.17, 15) is 0 Å². The third-order valence-corrected chi connectivity index (χ3v) is 4.62. The highest BCUT2D eigenvalue weighted by molar-refractivity contribution is 5.20. The monoisotopic (exact) mass is 292 g/mol. The molecule has 1 atom stereocenters. The van der Waals surface area contributed by atoms with Crippen molar-refractivity contribution in [2.75, 3.05) is 19.6 Å². The fourth-order valence-electron chi connectivity index (χ4n) is 3.38. The lowest BCUT2D eigenvalue weighted by molar-refractivity contribution is 0.246. The van der Waals surface area contributed by atoms with Gasteiger partial charge in [-0.05, 0) is 63.4 Å². The number of rotatable bonds is 7. The summed E-state index contributed by atoms with van der Waals surface area (Å²) in [4.78, 5) is 2.57. The van der Waals surface area contributed by atoms with Crippen LogP contribution in [0.2, 0.25) is 0 Å². The van der Waals surface area contributed by atoms with E-state index in [-0.39, 0.29) is 0 Å². The molecular formula is C18H32N2O. The molecule has 0 amide bonds. The zero-order valence-electron chi connectivity index (χ0n) is 14.1. The summed E-state index contributed by atoms with van der Waals surface area (Å²) in [7, 11) is 0. The van der Waals surface area contributed by atoms with Crippen LogP contribution in [0.15, 0.2) is 10.5 Å². The SMILES string of the molecule is CCCC1CCCN(Cc2cc(C)c(CNCC)o2)CC1. The van der Waals surface area contributed by atoms with Crippen LogP contribution in [0, 0.1) is 12.8 Å². The lowest BCUT2D eigenvalue weighted by atomic mass is 9.96. The van der Waals surface area contributed by atoms with Crippen LogP contribution in [0.25, 0.3) is 0 Å². The largest absolute Gasteiger partial charge is 0.463 e. The molecular weight excluding hydrogens is 260 g/mol. The quantitative estimate of drug-likeness (QED) is 0.820. The van der Waals surface area contributed by atoms with Crippen LogP contribution in [0.1, 0.15) is 63.0 Å². The van der Waals surface area contributed by atoms with Crippen LogP contribution in [-0.2, 0) is 13.1 Å². The predicted molar refractivity (Wildman–Crippen MR) is 88.4 cm³/mol. The van der Waals surface area contributed by atoms with E-state index in [0.717, 1.165) is 37.1 Å². The molecule has 1 N–H and O–H groups in total. The average molecular weight is 292 g/mol. The molecule has 3 heteroatoms. The maximum atomic E-state index is 6.03. The number of nitrogens with one attached hydrogen (secondary N) is 1. The Balaban J connectivity index is 1.86. The Morgan fingerprint density at radius 3 is 2.90 bits per heavy atom. The summed E-state index contributed by atoms with van der Waals surface area (Å²) in [5, 5.41) is 3.34. The molecule has 2 heterocycles. The molecule has 21 heavy (non-hydrogen) atoms. The number of furan rings is 1. The molecule has 3 nitrogen and oxygen atoms in total. The fraction of sp³-hybridized carbons (Fsp3) is 0.778. The van der Waals surface area contributed by atoms with E-state index < -0.39 is 0 Å². The van der Waals surface area contributed by atoms with E-state index in [1.54, 1.807) is 0 Å². The molecule has 0 saturated carbocycles. The molecule has 120 valence electrons. The van der Waals surface area contributed by atoms with Crippen molar-refractivity contribution in [3.05, 3.63) is 23.2 Å². The van der Waals surface area contributed by atoms with Crippen molar-refractivity contribution >= 4 is 0 Å². The first-order chi connectivity index (χ1) is 10.2. The maximum Gasteiger partial charge on any atom is 0.120 e. The van der Waals surface area contributed by atoms with E-state index in [4.69, 9.17) is 4.42 Å². The van der Waals surface area contributed by atoms with Gasteiger partial charge in [-0.2, -0.15) is 0 Å². The van der Waals surface area contributed by atoms with Crippen molar-refractivity contribution < 1.29 is 4.42 Å². The summed E-state index contributed by atoms with van der Waals surface area (Å²) in [5.41, 5.74) is 1.28. The number of nitrogens with zero attached hydrogens (tertiary/aromatic N) is 1. The van der Waals surface area contributed by atoms with E-state index >= 15 is 0 Å². The highest BCUT2D eigenvalue weighted by atomic mass is 16.3. The van der Waals surface area contributed by atoms with Crippen molar-refractivity contribution in [2.24, 2.45) is 5.92 Å². The molecule has 1 aliphatic heterocycles. The summed E-state index contributed by atoms with van der Waals surface area (Å²) in [6, 6.07) is 2.22. The lowest BCUT2D eigenvalue weighted by Gasteiger charge is -2.18. The molecule has 0 aromatic carbocycles. The Bertz CT molecular complexity index is 413.